The third-order valence-electron chi connectivity index (χ3n) is 6.34. The van der Waals surface area contributed by atoms with Crippen LogP contribution in [0, 0.1) is 18.7 Å². The molecule has 2 heterocycles. The van der Waals surface area contributed by atoms with Gasteiger partial charge in [0.05, 0.1) is 11.9 Å². The van der Waals surface area contributed by atoms with Gasteiger partial charge in [0.25, 0.3) is 0 Å². The van der Waals surface area contributed by atoms with Crippen LogP contribution in [0.5, 0.6) is 0 Å². The number of benzene rings is 2. The van der Waals surface area contributed by atoms with E-state index in [-0.39, 0.29) is 5.82 Å². The number of anilines is 2. The Morgan fingerprint density at radius 3 is 2.76 bits per heavy atom. The fourth-order valence-corrected chi connectivity index (χ4v) is 4.35. The maximum atomic E-state index is 13.6. The Bertz CT molecular complexity index is 1370. The first-order chi connectivity index (χ1) is 16.3. The van der Waals surface area contributed by atoms with Crippen LogP contribution in [-0.2, 0) is 0 Å². The van der Waals surface area contributed by atoms with E-state index in [9.17, 15) is 4.39 Å². The van der Waals surface area contributed by atoms with E-state index in [4.69, 9.17) is 5.73 Å². The number of halogens is 1. The zero-order chi connectivity index (χ0) is 24.4. The summed E-state index contributed by atoms with van der Waals surface area (Å²) >= 11 is 0. The van der Waals surface area contributed by atoms with Crippen molar-refractivity contribution in [2.45, 2.75) is 40.5 Å². The van der Waals surface area contributed by atoms with E-state index in [0.717, 1.165) is 51.9 Å². The normalized spacial score (nSPS) is 12.8. The van der Waals surface area contributed by atoms with Crippen molar-refractivity contribution in [3.8, 4) is 5.69 Å². The third-order valence-corrected chi connectivity index (χ3v) is 6.34. The number of aromatic nitrogens is 3. The molecule has 0 saturated carbocycles. The van der Waals surface area contributed by atoms with Gasteiger partial charge >= 0.3 is 0 Å². The second kappa shape index (κ2) is 9.59. The van der Waals surface area contributed by atoms with Gasteiger partial charge in [-0.2, -0.15) is 5.10 Å². The molecule has 1 atom stereocenters. The second-order valence-electron chi connectivity index (χ2n) is 8.81. The van der Waals surface area contributed by atoms with Crippen molar-refractivity contribution in [2.24, 2.45) is 5.92 Å². The first-order valence-corrected chi connectivity index (χ1v) is 11.7. The Morgan fingerprint density at radius 1 is 1.26 bits per heavy atom. The molecular weight excluding hydrogens is 425 g/mol. The number of hydrogen-bond donors (Lipinski definition) is 3. The number of hydrogen-bond acceptors (Lipinski definition) is 3. The van der Waals surface area contributed by atoms with Crippen molar-refractivity contribution in [3.05, 3.63) is 89.7 Å². The van der Waals surface area contributed by atoms with Crippen LogP contribution in [0.1, 0.15) is 50.4 Å². The summed E-state index contributed by atoms with van der Waals surface area (Å²) in [5, 5.41) is 8.90. The van der Waals surface area contributed by atoms with Gasteiger partial charge in [0.2, 0.25) is 0 Å². The zero-order valence-corrected chi connectivity index (χ0v) is 20.2. The number of H-pyrrole nitrogens is 1. The highest BCUT2D eigenvalue weighted by Crippen LogP contribution is 2.31. The predicted molar refractivity (Wildman–Crippen MR) is 141 cm³/mol. The molecule has 6 heteroatoms. The van der Waals surface area contributed by atoms with E-state index in [0.29, 0.717) is 17.3 Å². The summed E-state index contributed by atoms with van der Waals surface area (Å²) in [6.07, 6.45) is 6.16. The molecule has 0 saturated heterocycles. The van der Waals surface area contributed by atoms with Crippen LogP contribution >= 0.6 is 0 Å². The molecule has 5 nitrogen and oxygen atoms in total. The summed E-state index contributed by atoms with van der Waals surface area (Å²) in [5.74, 6) is 0.705. The molecule has 1 unspecified atom stereocenters. The van der Waals surface area contributed by atoms with Gasteiger partial charge in [-0.1, -0.05) is 32.9 Å². The molecule has 0 radical (unpaired) electrons. The number of nitrogens with zero attached hydrogens (tertiary/aromatic N) is 2. The lowest BCUT2D eigenvalue weighted by Crippen LogP contribution is -2.10. The van der Waals surface area contributed by atoms with Crippen LogP contribution in [-0.4, -0.2) is 14.8 Å². The lowest BCUT2D eigenvalue weighted by Gasteiger charge is -2.19. The Morgan fingerprint density at radius 2 is 2.06 bits per heavy atom. The zero-order valence-electron chi connectivity index (χ0n) is 20.2. The molecule has 0 aliphatic carbocycles. The Kier molecular flexibility index (Phi) is 6.59. The molecule has 0 bridgehead atoms. The summed E-state index contributed by atoms with van der Waals surface area (Å²) in [4.78, 5) is 3.28. The maximum absolute atomic E-state index is 13.6. The van der Waals surface area contributed by atoms with Crippen molar-refractivity contribution < 1.29 is 4.39 Å². The number of nitrogen functional groups attached to an aromatic ring is 1. The summed E-state index contributed by atoms with van der Waals surface area (Å²) in [5.41, 5.74) is 13.8. The number of aromatic amines is 1. The molecule has 0 spiro atoms. The van der Waals surface area contributed by atoms with Gasteiger partial charge in [0, 0.05) is 39.1 Å². The average molecular weight is 458 g/mol. The van der Waals surface area contributed by atoms with Crippen LogP contribution in [0.15, 0.2) is 67.0 Å². The summed E-state index contributed by atoms with van der Waals surface area (Å²) in [7, 11) is 0. The van der Waals surface area contributed by atoms with Crippen LogP contribution in [0.3, 0.4) is 0 Å². The smallest absolute Gasteiger partial charge is 0.135 e. The first kappa shape index (κ1) is 23.4. The van der Waals surface area contributed by atoms with Gasteiger partial charge in [0.15, 0.2) is 0 Å². The molecule has 4 rings (SSSR count). The van der Waals surface area contributed by atoms with E-state index in [1.807, 2.05) is 12.1 Å². The molecule has 34 heavy (non-hydrogen) atoms. The third kappa shape index (κ3) is 4.49. The Balaban J connectivity index is 1.59. The number of nitrogens with one attached hydrogen (secondary N) is 2. The number of aryl methyl sites for hydroxylation is 1. The van der Waals surface area contributed by atoms with Gasteiger partial charge in [-0.15, -0.1) is 0 Å². The quantitative estimate of drug-likeness (QED) is 0.262. The van der Waals surface area contributed by atoms with Crippen molar-refractivity contribution in [2.75, 3.05) is 11.1 Å². The Hall–Kier alpha value is -3.80. The number of rotatable bonds is 8. The van der Waals surface area contributed by atoms with Crippen LogP contribution in [0.25, 0.3) is 22.2 Å². The minimum atomic E-state index is -0.273. The van der Waals surface area contributed by atoms with E-state index < -0.39 is 0 Å². The summed E-state index contributed by atoms with van der Waals surface area (Å²) < 4.78 is 15.3. The van der Waals surface area contributed by atoms with Gasteiger partial charge in [-0.25, -0.2) is 9.07 Å². The standard InChI is InChI=1S/C28H32FN5/c1-6-8-17(3)24(7-2)32-25-12-10-22(13-18(25)4)34-28(30)23(16-31-34)19(5)27-15-20-14-21(29)9-11-26(20)33-27/h7,9-17,32-33H,5-6,8,30H2,1-4H3/b24-7-. The molecule has 176 valence electrons. The summed E-state index contributed by atoms with van der Waals surface area (Å²) in [6.45, 7) is 12.8. The minimum Gasteiger partial charge on any atom is -0.383 e. The van der Waals surface area contributed by atoms with Crippen LogP contribution < -0.4 is 11.1 Å². The van der Waals surface area contributed by atoms with Crippen molar-refractivity contribution >= 4 is 28.0 Å². The van der Waals surface area contributed by atoms with E-state index in [1.54, 1.807) is 16.9 Å². The molecule has 4 N–H and O–H groups in total. The van der Waals surface area contributed by atoms with E-state index >= 15 is 0 Å². The van der Waals surface area contributed by atoms with E-state index in [1.165, 1.54) is 17.8 Å². The lowest BCUT2D eigenvalue weighted by molar-refractivity contribution is 0.603. The average Bonchev–Trinajstić information content (AvgIpc) is 3.41. The highest BCUT2D eigenvalue weighted by atomic mass is 19.1. The molecule has 0 aliphatic heterocycles. The molecule has 0 amide bonds. The predicted octanol–water partition coefficient (Wildman–Crippen LogP) is 7.20. The molecule has 0 fully saturated rings. The molecule has 2 aromatic heterocycles. The SMILES string of the molecule is C=C(c1cc2cc(F)ccc2[nH]1)c1cnn(-c2ccc(N/C(=C\C)C(C)CCC)c(C)c2)c1N. The minimum absolute atomic E-state index is 0.273. The highest BCUT2D eigenvalue weighted by molar-refractivity contribution is 5.89. The highest BCUT2D eigenvalue weighted by Gasteiger charge is 2.16. The van der Waals surface area contributed by atoms with Gasteiger partial charge < -0.3 is 16.0 Å². The number of nitrogens with two attached hydrogens (primary N) is 1. The molecule has 0 aliphatic rings. The largest absolute Gasteiger partial charge is 0.383 e. The topological polar surface area (TPSA) is 71.7 Å². The maximum Gasteiger partial charge on any atom is 0.135 e. The van der Waals surface area contributed by atoms with Gasteiger partial charge in [-0.3, -0.25) is 0 Å². The van der Waals surface area contributed by atoms with Crippen LogP contribution in [0.2, 0.25) is 0 Å². The number of allylic oxidation sites excluding steroid dienone is 2. The number of fused-ring (bicyclic) bond motifs is 1. The van der Waals surface area contributed by atoms with Crippen molar-refractivity contribution in [3.63, 3.8) is 0 Å². The van der Waals surface area contributed by atoms with Crippen molar-refractivity contribution in [1.29, 1.82) is 0 Å². The van der Waals surface area contributed by atoms with E-state index in [2.05, 4.69) is 67.9 Å². The fourth-order valence-electron chi connectivity index (χ4n) is 4.35. The summed E-state index contributed by atoms with van der Waals surface area (Å²) in [6, 6.07) is 12.7. The van der Waals surface area contributed by atoms with Crippen LogP contribution in [0.4, 0.5) is 15.9 Å². The molecule has 4 aromatic rings. The van der Waals surface area contributed by atoms with Gasteiger partial charge in [-0.05, 0) is 74.2 Å². The second-order valence-corrected chi connectivity index (χ2v) is 8.81. The molecule has 2 aromatic carbocycles. The Labute approximate surface area is 200 Å². The monoisotopic (exact) mass is 457 g/mol. The lowest BCUT2D eigenvalue weighted by atomic mass is 10.0. The first-order valence-electron chi connectivity index (χ1n) is 11.7. The van der Waals surface area contributed by atoms with Gasteiger partial charge in [0.1, 0.15) is 11.6 Å². The fraction of sp³-hybridized carbons (Fsp3) is 0.250. The van der Waals surface area contributed by atoms with Crippen molar-refractivity contribution in [1.82, 2.24) is 14.8 Å². The molecular formula is C28H32FN5.